The monoisotopic (exact) mass is 448 g/mol. The van der Waals surface area contributed by atoms with Gasteiger partial charge < -0.3 is 15.5 Å². The molecular formula is C20H25FN6O3S. The average molecular weight is 449 g/mol. The lowest BCUT2D eigenvalue weighted by Crippen LogP contribution is -2.36. The van der Waals surface area contributed by atoms with Crippen LogP contribution in [-0.4, -0.2) is 47.7 Å². The van der Waals surface area contributed by atoms with E-state index in [0.717, 1.165) is 25.0 Å². The number of carbonyl (C=O) groups excluding carboxylic acids is 1. The van der Waals surface area contributed by atoms with E-state index in [0.29, 0.717) is 12.4 Å². The number of amides is 2. The zero-order chi connectivity index (χ0) is 22.0. The van der Waals surface area contributed by atoms with Crippen molar-refractivity contribution < 1.29 is 17.6 Å². The molecule has 2 amide bonds. The van der Waals surface area contributed by atoms with Crippen molar-refractivity contribution in [1.29, 1.82) is 0 Å². The second-order valence-corrected chi connectivity index (χ2v) is 10.9. The molecule has 3 aliphatic rings. The molecule has 2 aliphatic heterocycles. The number of carbonyl (C=O) groups is 1. The van der Waals surface area contributed by atoms with Gasteiger partial charge in [-0.15, -0.1) is 0 Å². The Morgan fingerprint density at radius 1 is 1.29 bits per heavy atom. The smallest absolute Gasteiger partial charge is 0.318 e. The molecule has 2 atom stereocenters. The fourth-order valence-corrected chi connectivity index (χ4v) is 6.05. The van der Waals surface area contributed by atoms with Crippen LogP contribution in [0, 0.1) is 5.82 Å². The fourth-order valence-electron chi connectivity index (χ4n) is 4.83. The first-order chi connectivity index (χ1) is 14.6. The van der Waals surface area contributed by atoms with Crippen molar-refractivity contribution in [1.82, 2.24) is 25.1 Å². The summed E-state index contributed by atoms with van der Waals surface area (Å²) in [7, 11) is -3.62. The lowest BCUT2D eigenvalue weighted by molar-refractivity contribution is 0.197. The molecule has 1 aromatic carbocycles. The molecule has 2 aromatic rings. The number of hydrogen-bond acceptors (Lipinski definition) is 5. The number of sulfonamides is 1. The van der Waals surface area contributed by atoms with Crippen LogP contribution in [0.25, 0.3) is 0 Å². The predicted octanol–water partition coefficient (Wildman–Crippen LogP) is 2.52. The molecule has 1 saturated heterocycles. The SMILES string of the molecule is CC1(C)CN(C2CCC(c3cc(Nc4ccc5c(c4F)CNS5(=O)=O)n[nH]3)C2)C(=O)N1. The number of urea groups is 1. The van der Waals surface area contributed by atoms with Gasteiger partial charge in [-0.25, -0.2) is 22.3 Å². The number of halogens is 1. The van der Waals surface area contributed by atoms with Crippen molar-refractivity contribution in [2.45, 2.75) is 62.0 Å². The summed E-state index contributed by atoms with van der Waals surface area (Å²) >= 11 is 0. The Balaban J connectivity index is 1.28. The van der Waals surface area contributed by atoms with E-state index in [4.69, 9.17) is 0 Å². The Labute approximate surface area is 179 Å². The number of nitrogens with one attached hydrogen (secondary N) is 4. The first-order valence-electron chi connectivity index (χ1n) is 10.4. The second kappa shape index (κ2) is 6.92. The lowest BCUT2D eigenvalue weighted by atomic mass is 10.0. The summed E-state index contributed by atoms with van der Waals surface area (Å²) in [4.78, 5) is 14.2. The Bertz CT molecular complexity index is 1160. The van der Waals surface area contributed by atoms with Crippen LogP contribution in [-0.2, 0) is 16.6 Å². The van der Waals surface area contributed by atoms with Crippen molar-refractivity contribution >= 4 is 27.6 Å². The Morgan fingerprint density at radius 3 is 2.84 bits per heavy atom. The molecule has 31 heavy (non-hydrogen) atoms. The molecule has 0 spiro atoms. The molecule has 166 valence electrons. The van der Waals surface area contributed by atoms with E-state index in [-0.39, 0.29) is 46.2 Å². The number of benzene rings is 1. The Hall–Kier alpha value is -2.66. The number of aromatic nitrogens is 2. The highest BCUT2D eigenvalue weighted by Gasteiger charge is 2.41. The molecule has 9 nitrogen and oxygen atoms in total. The third kappa shape index (κ3) is 3.55. The molecule has 5 rings (SSSR count). The van der Waals surface area contributed by atoms with Crippen molar-refractivity contribution in [2.24, 2.45) is 0 Å². The molecule has 2 unspecified atom stereocenters. The number of rotatable bonds is 4. The standard InChI is InChI=1S/C20H25FN6O3S/c1-20(2)10-27(19(28)24-20)12-4-3-11(7-12)15-8-17(26-25-15)23-14-5-6-16-13(18(14)21)9-22-31(16,29)30/h5-6,8,11-12,22H,3-4,7,9-10H2,1-2H3,(H,24,28)(H2,23,25,26). The van der Waals surface area contributed by atoms with Crippen LogP contribution in [0.3, 0.4) is 0 Å². The minimum Gasteiger partial charge on any atom is -0.336 e. The first-order valence-corrected chi connectivity index (χ1v) is 11.8. The molecule has 11 heteroatoms. The number of aromatic amines is 1. The average Bonchev–Trinajstić information content (AvgIpc) is 3.44. The van der Waals surface area contributed by atoms with Crippen molar-refractivity contribution in [3.05, 3.63) is 35.3 Å². The zero-order valence-corrected chi connectivity index (χ0v) is 18.1. The number of nitrogens with zero attached hydrogens (tertiary/aromatic N) is 2. The number of H-pyrrole nitrogens is 1. The summed E-state index contributed by atoms with van der Waals surface area (Å²) < 4.78 is 40.8. The van der Waals surface area contributed by atoms with Gasteiger partial charge in [0.2, 0.25) is 10.0 Å². The van der Waals surface area contributed by atoms with Crippen LogP contribution in [0.15, 0.2) is 23.1 Å². The van der Waals surface area contributed by atoms with Crippen molar-refractivity contribution in [3.8, 4) is 0 Å². The molecule has 3 heterocycles. The molecule has 1 saturated carbocycles. The molecular weight excluding hydrogens is 423 g/mol. The summed E-state index contributed by atoms with van der Waals surface area (Å²) in [5, 5.41) is 13.2. The quantitative estimate of drug-likeness (QED) is 0.573. The van der Waals surface area contributed by atoms with Gasteiger partial charge >= 0.3 is 6.03 Å². The molecule has 2 fully saturated rings. The summed E-state index contributed by atoms with van der Waals surface area (Å²) in [6, 6.07) is 4.84. The number of anilines is 2. The minimum atomic E-state index is -3.62. The normalized spacial score (nSPS) is 26.2. The van der Waals surface area contributed by atoms with Crippen LogP contribution >= 0.6 is 0 Å². The molecule has 4 N–H and O–H groups in total. The van der Waals surface area contributed by atoms with E-state index in [2.05, 4.69) is 25.6 Å². The second-order valence-electron chi connectivity index (χ2n) is 9.17. The van der Waals surface area contributed by atoms with E-state index in [1.54, 1.807) is 0 Å². The van der Waals surface area contributed by atoms with Gasteiger partial charge in [-0.1, -0.05) is 0 Å². The third-order valence-electron chi connectivity index (χ3n) is 6.35. The van der Waals surface area contributed by atoms with Gasteiger partial charge in [-0.3, -0.25) is 5.10 Å². The maximum Gasteiger partial charge on any atom is 0.318 e. The maximum absolute atomic E-state index is 14.8. The first kappa shape index (κ1) is 20.3. The Morgan fingerprint density at radius 2 is 2.10 bits per heavy atom. The highest BCUT2D eigenvalue weighted by Crippen LogP contribution is 2.38. The van der Waals surface area contributed by atoms with Crippen molar-refractivity contribution in [2.75, 3.05) is 11.9 Å². The summed E-state index contributed by atoms with van der Waals surface area (Å²) in [5.41, 5.74) is 1.03. The van der Waals surface area contributed by atoms with Crippen LogP contribution in [0.5, 0.6) is 0 Å². The van der Waals surface area contributed by atoms with Crippen LogP contribution < -0.4 is 15.4 Å². The summed E-state index contributed by atoms with van der Waals surface area (Å²) in [6.45, 7) is 4.68. The summed E-state index contributed by atoms with van der Waals surface area (Å²) in [5.74, 6) is 0.106. The molecule has 0 radical (unpaired) electrons. The van der Waals surface area contributed by atoms with Crippen LogP contribution in [0.4, 0.5) is 20.7 Å². The Kier molecular flexibility index (Phi) is 4.52. The molecule has 0 bridgehead atoms. The van der Waals surface area contributed by atoms with Crippen LogP contribution in [0.2, 0.25) is 0 Å². The lowest BCUT2D eigenvalue weighted by Gasteiger charge is -2.24. The highest BCUT2D eigenvalue weighted by molar-refractivity contribution is 7.89. The van der Waals surface area contributed by atoms with E-state index in [9.17, 15) is 17.6 Å². The molecule has 1 aliphatic carbocycles. The van der Waals surface area contributed by atoms with Gasteiger partial charge in [0.25, 0.3) is 0 Å². The number of fused-ring (bicyclic) bond motifs is 1. The minimum absolute atomic E-state index is 0.00814. The zero-order valence-electron chi connectivity index (χ0n) is 17.3. The van der Waals surface area contributed by atoms with Crippen molar-refractivity contribution in [3.63, 3.8) is 0 Å². The topological polar surface area (TPSA) is 119 Å². The number of hydrogen-bond donors (Lipinski definition) is 4. The van der Waals surface area contributed by atoms with E-state index >= 15 is 0 Å². The highest BCUT2D eigenvalue weighted by atomic mass is 32.2. The fraction of sp³-hybridized carbons (Fsp3) is 0.500. The molecule has 1 aromatic heterocycles. The summed E-state index contributed by atoms with van der Waals surface area (Å²) in [6.07, 6.45) is 2.71. The third-order valence-corrected chi connectivity index (χ3v) is 7.83. The van der Waals surface area contributed by atoms with Gasteiger partial charge in [-0.2, -0.15) is 5.10 Å². The maximum atomic E-state index is 14.8. The predicted molar refractivity (Wildman–Crippen MR) is 112 cm³/mol. The van der Waals surface area contributed by atoms with Gasteiger partial charge in [-0.05, 0) is 45.2 Å². The van der Waals surface area contributed by atoms with E-state index in [1.165, 1.54) is 12.1 Å². The van der Waals surface area contributed by atoms with E-state index < -0.39 is 15.8 Å². The van der Waals surface area contributed by atoms with Crippen LogP contribution in [0.1, 0.15) is 50.3 Å². The van der Waals surface area contributed by atoms with Gasteiger partial charge in [0.05, 0.1) is 16.1 Å². The van der Waals surface area contributed by atoms with Gasteiger partial charge in [0.1, 0.15) is 0 Å². The van der Waals surface area contributed by atoms with E-state index in [1.807, 2.05) is 24.8 Å². The van der Waals surface area contributed by atoms with Gasteiger partial charge in [0, 0.05) is 42.4 Å². The van der Waals surface area contributed by atoms with Gasteiger partial charge in [0.15, 0.2) is 11.6 Å². The largest absolute Gasteiger partial charge is 0.336 e.